The molecule has 0 fully saturated rings. The molecule has 2 amide bonds. The van der Waals surface area contributed by atoms with Crippen molar-refractivity contribution in [3.63, 3.8) is 0 Å². The summed E-state index contributed by atoms with van der Waals surface area (Å²) in [6.07, 6.45) is 1.99. The molecule has 268 valence electrons. The molecular weight excluding hydrogens is 691 g/mol. The zero-order valence-corrected chi connectivity index (χ0v) is 30.6. The van der Waals surface area contributed by atoms with Gasteiger partial charge in [0.2, 0.25) is 23.6 Å². The number of rotatable bonds is 4. The van der Waals surface area contributed by atoms with Crippen LogP contribution in [0.15, 0.2) is 75.8 Å². The van der Waals surface area contributed by atoms with Crippen LogP contribution in [0.1, 0.15) is 62.1 Å². The molecular formula is C40H37N6O6P. The van der Waals surface area contributed by atoms with E-state index in [0.717, 1.165) is 50.0 Å². The number of hydrogen-bond donors (Lipinski definition) is 4. The summed E-state index contributed by atoms with van der Waals surface area (Å²) in [5, 5.41) is 21.4. The number of nitrogens with zero attached hydrogens (tertiary/aromatic N) is 3. The fourth-order valence-electron chi connectivity index (χ4n) is 8.54. The van der Waals surface area contributed by atoms with E-state index in [-0.39, 0.29) is 30.0 Å². The highest BCUT2D eigenvalue weighted by Crippen LogP contribution is 2.61. The Labute approximate surface area is 306 Å². The van der Waals surface area contributed by atoms with Crippen LogP contribution in [-0.4, -0.2) is 49.6 Å². The molecule has 3 aromatic carbocycles. The van der Waals surface area contributed by atoms with Crippen LogP contribution in [0.2, 0.25) is 0 Å². The summed E-state index contributed by atoms with van der Waals surface area (Å²) in [6, 6.07) is 16.7. The van der Waals surface area contributed by atoms with E-state index in [2.05, 4.69) is 61.7 Å². The third-order valence-electron chi connectivity index (χ3n) is 11.2. The van der Waals surface area contributed by atoms with Crippen LogP contribution in [0.4, 0.5) is 5.69 Å². The van der Waals surface area contributed by atoms with Gasteiger partial charge in [0, 0.05) is 45.9 Å². The molecule has 1 spiro atoms. The fraction of sp³-hybridized carbons (Fsp3) is 0.300. The number of hydrogen-bond acceptors (Lipinski definition) is 9. The lowest BCUT2D eigenvalue weighted by Gasteiger charge is -2.29. The quantitative estimate of drug-likeness (QED) is 0.162. The van der Waals surface area contributed by atoms with E-state index in [1.165, 1.54) is 0 Å². The van der Waals surface area contributed by atoms with Crippen LogP contribution >= 0.6 is 9.39 Å². The number of aliphatic hydroxyl groups excluding tert-OH is 1. The Kier molecular flexibility index (Phi) is 6.85. The van der Waals surface area contributed by atoms with Gasteiger partial charge in [0.15, 0.2) is 23.4 Å². The number of oxazole rings is 2. The van der Waals surface area contributed by atoms with Crippen molar-refractivity contribution in [3.05, 3.63) is 95.3 Å². The molecule has 10 rings (SSSR count). The lowest BCUT2D eigenvalue weighted by atomic mass is 9.72. The van der Waals surface area contributed by atoms with Crippen molar-refractivity contribution >= 4 is 37.8 Å². The average molecular weight is 729 g/mol. The molecule has 10 bridgehead atoms. The Bertz CT molecular complexity index is 2530. The third kappa shape index (κ3) is 4.42. The zero-order chi connectivity index (χ0) is 36.5. The number of aliphatic hydroxyl groups is 1. The minimum Gasteiger partial charge on any atom is -0.469 e. The lowest BCUT2D eigenvalue weighted by molar-refractivity contribution is -0.135. The number of benzene rings is 3. The number of nitrogens with one attached hydrogen (secondary N) is 3. The summed E-state index contributed by atoms with van der Waals surface area (Å²) in [4.78, 5) is 37.3. The molecule has 0 saturated carbocycles. The number of anilines is 1. The van der Waals surface area contributed by atoms with Crippen LogP contribution in [0.5, 0.6) is 5.75 Å². The number of aromatic nitrogens is 3. The molecule has 0 aliphatic carbocycles. The molecule has 0 radical (unpaired) electrons. The Hall–Kier alpha value is -5.45. The Morgan fingerprint density at radius 2 is 1.85 bits per heavy atom. The van der Waals surface area contributed by atoms with Crippen LogP contribution in [0, 0.1) is 11.8 Å². The Morgan fingerprint density at radius 1 is 1.04 bits per heavy atom. The van der Waals surface area contributed by atoms with Gasteiger partial charge in [-0.05, 0) is 44.5 Å². The van der Waals surface area contributed by atoms with Crippen LogP contribution in [-0.2, 0) is 21.4 Å². The van der Waals surface area contributed by atoms with Crippen molar-refractivity contribution in [2.24, 2.45) is 11.8 Å². The molecule has 13 heteroatoms. The molecule has 4 unspecified atom stereocenters. The van der Waals surface area contributed by atoms with Gasteiger partial charge in [-0.2, -0.15) is 0 Å². The van der Waals surface area contributed by atoms with Crippen molar-refractivity contribution in [2.75, 3.05) is 5.32 Å². The monoisotopic (exact) mass is 728 g/mol. The zero-order valence-electron chi connectivity index (χ0n) is 29.4. The molecule has 6 atom stereocenters. The van der Waals surface area contributed by atoms with E-state index in [1.807, 2.05) is 42.6 Å². The lowest BCUT2D eigenvalue weighted by Crippen LogP contribution is -2.52. The van der Waals surface area contributed by atoms with Crippen molar-refractivity contribution in [2.45, 2.75) is 63.9 Å². The van der Waals surface area contributed by atoms with Crippen LogP contribution in [0.25, 0.3) is 44.9 Å². The first-order valence-electron chi connectivity index (χ1n) is 17.9. The van der Waals surface area contributed by atoms with Crippen LogP contribution in [0.3, 0.4) is 0 Å². The SMILES string of the molecule is CC(C)C1NC(=O)[C@@H](NC(=O)[C@@H](O)C(C)C)Cc2ccc3c(c2)C24c5cccc(c5NC2O3)-c2cccc3c2c(cn3P)-c2cnc(o2)-c2nc1oc24. The maximum absolute atomic E-state index is 14.2. The molecule has 12 nitrogen and oxygen atoms in total. The first-order valence-corrected chi connectivity index (χ1v) is 18.4. The first kappa shape index (κ1) is 32.2. The molecule has 4 aliphatic rings. The number of ether oxygens (including phenoxy) is 1. The van der Waals surface area contributed by atoms with Crippen molar-refractivity contribution in [1.82, 2.24) is 24.9 Å². The second-order valence-corrected chi connectivity index (χ2v) is 15.7. The number of carbonyl (C=O) groups is 2. The summed E-state index contributed by atoms with van der Waals surface area (Å²) < 4.78 is 22.5. The number of fused-ring (bicyclic) bond motifs is 7. The van der Waals surface area contributed by atoms with E-state index in [1.54, 1.807) is 20.0 Å². The van der Waals surface area contributed by atoms with Gasteiger partial charge in [-0.15, -0.1) is 0 Å². The fourth-order valence-corrected chi connectivity index (χ4v) is 8.90. The first-order chi connectivity index (χ1) is 25.5. The van der Waals surface area contributed by atoms with Crippen molar-refractivity contribution in [3.8, 4) is 39.8 Å². The normalized spacial score (nSPS) is 22.4. The summed E-state index contributed by atoms with van der Waals surface area (Å²) in [5.74, 6) is 0.693. The van der Waals surface area contributed by atoms with E-state index < -0.39 is 41.6 Å². The number of para-hydroxylation sites is 1. The van der Waals surface area contributed by atoms with Gasteiger partial charge >= 0.3 is 0 Å². The van der Waals surface area contributed by atoms with Gasteiger partial charge < -0.3 is 39.0 Å². The highest BCUT2D eigenvalue weighted by Gasteiger charge is 2.61. The predicted molar refractivity (Wildman–Crippen MR) is 200 cm³/mol. The van der Waals surface area contributed by atoms with Crippen molar-refractivity contribution in [1.29, 1.82) is 0 Å². The van der Waals surface area contributed by atoms with E-state index in [0.29, 0.717) is 23.0 Å². The molecule has 6 aromatic rings. The van der Waals surface area contributed by atoms with Gasteiger partial charge in [0.25, 0.3) is 0 Å². The maximum atomic E-state index is 14.2. The van der Waals surface area contributed by atoms with Gasteiger partial charge in [-0.1, -0.05) is 70.2 Å². The van der Waals surface area contributed by atoms with Gasteiger partial charge in [-0.25, -0.2) is 9.97 Å². The highest BCUT2D eigenvalue weighted by atomic mass is 31.0. The van der Waals surface area contributed by atoms with E-state index in [4.69, 9.17) is 23.5 Å². The third-order valence-corrected chi connectivity index (χ3v) is 11.6. The Morgan fingerprint density at radius 3 is 2.66 bits per heavy atom. The molecule has 4 N–H and O–H groups in total. The molecule has 4 aliphatic heterocycles. The highest BCUT2D eigenvalue weighted by molar-refractivity contribution is 7.15. The molecule has 3 aromatic heterocycles. The van der Waals surface area contributed by atoms with Gasteiger partial charge in [0.05, 0.1) is 11.7 Å². The van der Waals surface area contributed by atoms with E-state index >= 15 is 0 Å². The standard InChI is InChI=1S/C40H37N6O6P/c1-17(2)30-38-44-32-34(52-38)40-23-9-5-8-21(20-7-6-10-26-29(20)22(16-46(26)53)28-15-41-37(32)50-28)31(23)45-39(40)51-27-12-11-19(13-24(27)40)14-25(35(48)43-30)42-36(49)33(47)18(3)4/h5-13,15-18,25,30,33,39,45,47H,14,53H2,1-4H3,(H,42,49)(H,43,48)/t25-,30?,33-,39?,40?/m0/s1. The topological polar surface area (TPSA) is 157 Å². The average Bonchev–Trinajstić information content (AvgIpc) is 3.96. The van der Waals surface area contributed by atoms with Crippen LogP contribution < -0.4 is 20.7 Å². The van der Waals surface area contributed by atoms with Gasteiger partial charge in [0.1, 0.15) is 29.4 Å². The number of carbonyl (C=O) groups excluding carboxylic acids is 2. The Balaban J connectivity index is 1.28. The summed E-state index contributed by atoms with van der Waals surface area (Å²) >= 11 is 0. The smallest absolute Gasteiger partial charge is 0.249 e. The summed E-state index contributed by atoms with van der Waals surface area (Å²) in [6.45, 7) is 7.45. The van der Waals surface area contributed by atoms with Gasteiger partial charge in [-0.3, -0.25) is 9.59 Å². The second-order valence-electron chi connectivity index (χ2n) is 15.1. The summed E-state index contributed by atoms with van der Waals surface area (Å²) in [5.41, 5.74) is 6.68. The predicted octanol–water partition coefficient (Wildman–Crippen LogP) is 5.92. The molecule has 0 saturated heterocycles. The number of amides is 2. The van der Waals surface area contributed by atoms with Crippen molar-refractivity contribution < 1.29 is 28.3 Å². The largest absolute Gasteiger partial charge is 0.469 e. The molecule has 7 heterocycles. The minimum absolute atomic E-state index is 0.167. The molecule has 53 heavy (non-hydrogen) atoms. The minimum atomic E-state index is -1.28. The maximum Gasteiger partial charge on any atom is 0.249 e. The van der Waals surface area contributed by atoms with E-state index in [9.17, 15) is 14.7 Å². The second kappa shape index (κ2) is 11.3. The summed E-state index contributed by atoms with van der Waals surface area (Å²) in [7, 11) is 2.78.